The summed E-state index contributed by atoms with van der Waals surface area (Å²) in [5.74, 6) is -2.62. The molecule has 2 atom stereocenters. The number of hydrogen-bond donors (Lipinski definition) is 2. The topological polar surface area (TPSA) is 67.4 Å². The fourth-order valence-corrected chi connectivity index (χ4v) is 3.10. The third kappa shape index (κ3) is 5.25. The summed E-state index contributed by atoms with van der Waals surface area (Å²) in [5.41, 5.74) is -0.211. The number of carbonyl (C=O) groups is 2. The van der Waals surface area contributed by atoms with E-state index in [1.807, 2.05) is 0 Å². The zero-order valence-corrected chi connectivity index (χ0v) is 16.2. The summed E-state index contributed by atoms with van der Waals surface area (Å²) in [5, 5.41) is 6.11. The highest BCUT2D eigenvalue weighted by molar-refractivity contribution is 5.99. The van der Waals surface area contributed by atoms with Crippen molar-refractivity contribution in [2.24, 2.45) is 5.92 Å². The molecule has 154 valence electrons. The molecule has 0 radical (unpaired) electrons. The van der Waals surface area contributed by atoms with Gasteiger partial charge in [0.05, 0.1) is 5.56 Å². The van der Waals surface area contributed by atoms with Crippen molar-refractivity contribution in [1.82, 2.24) is 10.6 Å². The van der Waals surface area contributed by atoms with E-state index in [1.54, 1.807) is 32.9 Å². The number of carbonyl (C=O) groups excluding carboxylic acids is 2. The van der Waals surface area contributed by atoms with Crippen LogP contribution in [0.25, 0.3) is 0 Å². The van der Waals surface area contributed by atoms with Gasteiger partial charge in [-0.3, -0.25) is 4.79 Å². The Bertz CT molecular complexity index is 767. The fourth-order valence-electron chi connectivity index (χ4n) is 3.10. The predicted octanol–water partition coefficient (Wildman–Crippen LogP) is 3.54. The highest BCUT2D eigenvalue weighted by Gasteiger charge is 2.45. The van der Waals surface area contributed by atoms with Gasteiger partial charge in [0.2, 0.25) is 0 Å². The quantitative estimate of drug-likeness (QED) is 0.568. The lowest BCUT2D eigenvalue weighted by molar-refractivity contribution is -0.189. The van der Waals surface area contributed by atoms with Gasteiger partial charge in [-0.05, 0) is 58.6 Å². The van der Waals surface area contributed by atoms with Crippen LogP contribution in [0.15, 0.2) is 18.2 Å². The van der Waals surface area contributed by atoms with Gasteiger partial charge in [-0.25, -0.2) is 4.79 Å². The molecule has 2 aliphatic rings. The van der Waals surface area contributed by atoms with Gasteiger partial charge in [0, 0.05) is 23.1 Å². The van der Waals surface area contributed by atoms with Crippen LogP contribution in [0.2, 0.25) is 0 Å². The van der Waals surface area contributed by atoms with E-state index in [4.69, 9.17) is 4.74 Å². The second-order valence-electron chi connectivity index (χ2n) is 8.62. The van der Waals surface area contributed by atoms with Gasteiger partial charge in [-0.2, -0.15) is 13.2 Å². The minimum atomic E-state index is -5.14. The van der Waals surface area contributed by atoms with Gasteiger partial charge >= 0.3 is 12.1 Å². The van der Waals surface area contributed by atoms with Gasteiger partial charge in [-0.15, -0.1) is 0 Å². The Morgan fingerprint density at radius 3 is 2.43 bits per heavy atom. The molecule has 1 aromatic rings. The molecule has 28 heavy (non-hydrogen) atoms. The Morgan fingerprint density at radius 1 is 1.18 bits per heavy atom. The SMILES string of the molecule is CC(C)(C)NC(=O)c1cccc(C2CC2NCC2CC2)c1OC(=O)C(F)(F)F. The summed E-state index contributed by atoms with van der Waals surface area (Å²) in [7, 11) is 0. The first-order valence-corrected chi connectivity index (χ1v) is 9.43. The lowest BCUT2D eigenvalue weighted by atomic mass is 10.0. The molecule has 0 aromatic heterocycles. The van der Waals surface area contributed by atoms with E-state index >= 15 is 0 Å². The molecule has 8 heteroatoms. The minimum absolute atomic E-state index is 0.0714. The van der Waals surface area contributed by atoms with Crippen LogP contribution in [0.3, 0.4) is 0 Å². The normalized spacial score (nSPS) is 21.9. The summed E-state index contributed by atoms with van der Waals surface area (Å²) < 4.78 is 43.1. The van der Waals surface area contributed by atoms with Crippen molar-refractivity contribution in [3.8, 4) is 5.75 Å². The maximum Gasteiger partial charge on any atom is 0.491 e. The van der Waals surface area contributed by atoms with Gasteiger partial charge in [0.1, 0.15) is 5.75 Å². The van der Waals surface area contributed by atoms with Crippen molar-refractivity contribution in [1.29, 1.82) is 0 Å². The first-order valence-electron chi connectivity index (χ1n) is 9.43. The van der Waals surface area contributed by atoms with Crippen molar-refractivity contribution < 1.29 is 27.5 Å². The standard InChI is InChI=1S/C20H25F3N2O3/c1-19(2,3)25-17(26)13-6-4-5-12(16(13)28-18(27)20(21,22)23)14-9-15(14)24-10-11-7-8-11/h4-6,11,14-15,24H,7-10H2,1-3H3,(H,25,26). The second-order valence-corrected chi connectivity index (χ2v) is 8.62. The van der Waals surface area contributed by atoms with Crippen molar-refractivity contribution >= 4 is 11.9 Å². The van der Waals surface area contributed by atoms with Crippen LogP contribution in [0.5, 0.6) is 5.75 Å². The van der Waals surface area contributed by atoms with Crippen LogP contribution >= 0.6 is 0 Å². The van der Waals surface area contributed by atoms with Gasteiger partial charge < -0.3 is 15.4 Å². The second kappa shape index (κ2) is 7.39. The molecule has 1 amide bonds. The first-order chi connectivity index (χ1) is 13.0. The van der Waals surface area contributed by atoms with Crippen LogP contribution in [-0.4, -0.2) is 36.2 Å². The lowest BCUT2D eigenvalue weighted by Gasteiger charge is -2.22. The first kappa shape index (κ1) is 20.6. The molecule has 3 rings (SSSR count). The number of ether oxygens (including phenoxy) is 1. The number of amides is 1. The maximum absolute atomic E-state index is 12.8. The monoisotopic (exact) mass is 398 g/mol. The van der Waals surface area contributed by atoms with Crippen LogP contribution in [0.1, 0.15) is 61.9 Å². The summed E-state index contributed by atoms with van der Waals surface area (Å²) >= 11 is 0. The molecule has 1 aromatic carbocycles. The minimum Gasteiger partial charge on any atom is -0.419 e. The van der Waals surface area contributed by atoms with E-state index in [9.17, 15) is 22.8 Å². The molecule has 2 N–H and O–H groups in total. The molecule has 2 fully saturated rings. The van der Waals surface area contributed by atoms with Crippen LogP contribution < -0.4 is 15.4 Å². The van der Waals surface area contributed by atoms with Crippen LogP contribution in [-0.2, 0) is 4.79 Å². The Hall–Kier alpha value is -2.09. The highest BCUT2D eigenvalue weighted by Crippen LogP contribution is 2.46. The molecule has 0 saturated heterocycles. The summed E-state index contributed by atoms with van der Waals surface area (Å²) in [6, 6.07) is 4.72. The number of para-hydroxylation sites is 1. The fraction of sp³-hybridized carbons (Fsp3) is 0.600. The molecule has 0 spiro atoms. The molecule has 2 aliphatic carbocycles. The number of nitrogens with one attached hydrogen (secondary N) is 2. The lowest BCUT2D eigenvalue weighted by Crippen LogP contribution is -2.41. The van der Waals surface area contributed by atoms with Gasteiger partial charge in [-0.1, -0.05) is 12.1 Å². The van der Waals surface area contributed by atoms with Crippen molar-refractivity contribution in [3.05, 3.63) is 29.3 Å². The van der Waals surface area contributed by atoms with Crippen molar-refractivity contribution in [2.45, 2.75) is 63.7 Å². The molecular formula is C20H25F3N2O3. The van der Waals surface area contributed by atoms with Crippen LogP contribution in [0.4, 0.5) is 13.2 Å². The molecule has 0 aliphatic heterocycles. The Labute approximate surface area is 162 Å². The Balaban J connectivity index is 1.86. The van der Waals surface area contributed by atoms with Crippen molar-refractivity contribution in [2.75, 3.05) is 6.54 Å². The van der Waals surface area contributed by atoms with E-state index in [0.29, 0.717) is 11.5 Å². The third-order valence-electron chi connectivity index (χ3n) is 4.76. The molecule has 0 bridgehead atoms. The predicted molar refractivity (Wildman–Crippen MR) is 97.2 cm³/mol. The average molecular weight is 398 g/mol. The van der Waals surface area contributed by atoms with E-state index in [2.05, 4.69) is 10.6 Å². The van der Waals surface area contributed by atoms with E-state index < -0.39 is 23.6 Å². The number of rotatable bonds is 6. The smallest absolute Gasteiger partial charge is 0.419 e. The molecular weight excluding hydrogens is 373 g/mol. The molecule has 2 unspecified atom stereocenters. The number of esters is 1. The molecule has 2 saturated carbocycles. The summed E-state index contributed by atoms with van der Waals surface area (Å²) in [6.07, 6.45) is -2.02. The van der Waals surface area contributed by atoms with Crippen molar-refractivity contribution in [3.63, 3.8) is 0 Å². The number of benzene rings is 1. The number of alkyl halides is 3. The Morgan fingerprint density at radius 2 is 1.86 bits per heavy atom. The molecule has 0 heterocycles. The summed E-state index contributed by atoms with van der Waals surface area (Å²) in [4.78, 5) is 24.1. The molecule has 5 nitrogen and oxygen atoms in total. The van der Waals surface area contributed by atoms with E-state index in [0.717, 1.165) is 13.0 Å². The third-order valence-corrected chi connectivity index (χ3v) is 4.76. The van der Waals surface area contributed by atoms with Crippen LogP contribution in [0, 0.1) is 5.92 Å². The van der Waals surface area contributed by atoms with E-state index in [-0.39, 0.29) is 23.3 Å². The Kier molecular flexibility index (Phi) is 5.44. The van der Waals surface area contributed by atoms with E-state index in [1.165, 1.54) is 18.9 Å². The average Bonchev–Trinajstić information content (AvgIpc) is 3.45. The zero-order valence-electron chi connectivity index (χ0n) is 16.2. The zero-order chi connectivity index (χ0) is 20.7. The number of halogens is 3. The van der Waals surface area contributed by atoms with Gasteiger partial charge in [0.15, 0.2) is 0 Å². The largest absolute Gasteiger partial charge is 0.491 e. The van der Waals surface area contributed by atoms with Gasteiger partial charge in [0.25, 0.3) is 5.91 Å². The maximum atomic E-state index is 12.8. The summed E-state index contributed by atoms with van der Waals surface area (Å²) in [6.45, 7) is 6.15. The number of hydrogen-bond acceptors (Lipinski definition) is 4. The highest BCUT2D eigenvalue weighted by atomic mass is 19.4.